The largest absolute Gasteiger partial charge is 0.496 e. The number of benzene rings is 2. The monoisotopic (exact) mass is 483 g/mol. The number of unbranched alkanes of at least 4 members (excludes halogenated alkanes) is 3. The minimum Gasteiger partial charge on any atom is -0.496 e. The summed E-state index contributed by atoms with van der Waals surface area (Å²) >= 11 is 0. The second-order valence-electron chi connectivity index (χ2n) is 11.2. The number of methoxy groups -OCH3 is 1. The van der Waals surface area contributed by atoms with Crippen LogP contribution in [0.5, 0.6) is 11.5 Å². The van der Waals surface area contributed by atoms with Gasteiger partial charge in [0, 0.05) is 29.0 Å². The highest BCUT2D eigenvalue weighted by atomic mass is 16.5. The van der Waals surface area contributed by atoms with Crippen LogP contribution in [0.15, 0.2) is 71.8 Å². The van der Waals surface area contributed by atoms with Crippen LogP contribution in [0.4, 0.5) is 0 Å². The van der Waals surface area contributed by atoms with E-state index in [2.05, 4.69) is 93.7 Å². The molecule has 3 nitrogen and oxygen atoms in total. The van der Waals surface area contributed by atoms with Crippen molar-refractivity contribution in [3.05, 3.63) is 88.5 Å². The van der Waals surface area contributed by atoms with Gasteiger partial charge in [-0.15, -0.1) is 0 Å². The molecule has 0 aromatic heterocycles. The molecule has 5 rings (SSSR count). The Morgan fingerprint density at radius 3 is 2.69 bits per heavy atom. The van der Waals surface area contributed by atoms with Crippen LogP contribution >= 0.6 is 0 Å². The first-order chi connectivity index (χ1) is 17.4. The summed E-state index contributed by atoms with van der Waals surface area (Å²) in [4.78, 5) is 0. The summed E-state index contributed by atoms with van der Waals surface area (Å²) in [7, 11) is 1.79. The molecule has 3 aliphatic rings. The molecular formula is C33H41NO2. The Balaban J connectivity index is 1.56. The van der Waals surface area contributed by atoms with Crippen LogP contribution in [-0.2, 0) is 6.42 Å². The van der Waals surface area contributed by atoms with Crippen molar-refractivity contribution < 1.29 is 9.47 Å². The third-order valence-electron chi connectivity index (χ3n) is 8.02. The van der Waals surface area contributed by atoms with Crippen molar-refractivity contribution in [3.63, 3.8) is 0 Å². The van der Waals surface area contributed by atoms with Crippen LogP contribution in [0.25, 0.3) is 5.57 Å². The van der Waals surface area contributed by atoms with Gasteiger partial charge in [-0.3, -0.25) is 0 Å². The van der Waals surface area contributed by atoms with Gasteiger partial charge in [0.1, 0.15) is 11.5 Å². The second-order valence-corrected chi connectivity index (χ2v) is 11.2. The molecule has 190 valence electrons. The smallest absolute Gasteiger partial charge is 0.126 e. The lowest BCUT2D eigenvalue weighted by Crippen LogP contribution is -2.53. The maximum atomic E-state index is 6.21. The molecule has 0 radical (unpaired) electrons. The number of hydrogen-bond acceptors (Lipinski definition) is 3. The van der Waals surface area contributed by atoms with Gasteiger partial charge < -0.3 is 14.8 Å². The molecular weight excluding hydrogens is 442 g/mol. The Hall–Kier alpha value is -2.78. The van der Waals surface area contributed by atoms with Gasteiger partial charge in [-0.1, -0.05) is 74.3 Å². The summed E-state index contributed by atoms with van der Waals surface area (Å²) in [6.07, 6.45) is 13.0. The fraction of sp³-hybridized carbons (Fsp3) is 0.455. The van der Waals surface area contributed by atoms with Crippen molar-refractivity contribution in [1.29, 1.82) is 0 Å². The number of hydrogen-bond donors (Lipinski definition) is 1. The van der Waals surface area contributed by atoms with Crippen molar-refractivity contribution >= 4 is 5.57 Å². The Kier molecular flexibility index (Phi) is 7.12. The summed E-state index contributed by atoms with van der Waals surface area (Å²) in [5.74, 6) is 2.59. The molecule has 0 saturated heterocycles. The van der Waals surface area contributed by atoms with Crippen LogP contribution < -0.4 is 14.8 Å². The molecule has 3 unspecified atom stereocenters. The van der Waals surface area contributed by atoms with E-state index in [1.807, 2.05) is 0 Å². The number of fused-ring (bicyclic) bond motifs is 4. The zero-order valence-corrected chi connectivity index (χ0v) is 22.6. The highest BCUT2D eigenvalue weighted by molar-refractivity contribution is 5.87. The van der Waals surface area contributed by atoms with Gasteiger partial charge in [-0.2, -0.15) is 0 Å². The SMILES string of the molecule is CCCCCCOc1cccc(C2Cc3cccc(OC)c3C3=C2C2C(C)=CC(C)(C)NC2C=C3)c1. The fourth-order valence-corrected chi connectivity index (χ4v) is 6.58. The van der Waals surface area contributed by atoms with E-state index in [0.717, 1.165) is 30.9 Å². The van der Waals surface area contributed by atoms with Crippen LogP contribution in [-0.4, -0.2) is 25.3 Å². The zero-order chi connectivity index (χ0) is 25.3. The van der Waals surface area contributed by atoms with Crippen molar-refractivity contribution in [2.45, 2.75) is 77.3 Å². The van der Waals surface area contributed by atoms with Crippen LogP contribution in [0.2, 0.25) is 0 Å². The molecule has 0 fully saturated rings. The zero-order valence-electron chi connectivity index (χ0n) is 22.6. The average molecular weight is 484 g/mol. The number of nitrogens with one attached hydrogen (secondary N) is 1. The lowest BCUT2D eigenvalue weighted by molar-refractivity contribution is 0.304. The molecule has 1 heterocycles. The van der Waals surface area contributed by atoms with Crippen LogP contribution in [0.1, 0.15) is 76.0 Å². The van der Waals surface area contributed by atoms with E-state index in [1.54, 1.807) is 7.11 Å². The van der Waals surface area contributed by atoms with E-state index in [9.17, 15) is 0 Å². The first-order valence-electron chi connectivity index (χ1n) is 13.7. The van der Waals surface area contributed by atoms with Crippen LogP contribution in [0, 0.1) is 5.92 Å². The molecule has 2 aromatic carbocycles. The molecule has 0 spiro atoms. The van der Waals surface area contributed by atoms with Gasteiger partial charge >= 0.3 is 0 Å². The van der Waals surface area contributed by atoms with Gasteiger partial charge in [-0.25, -0.2) is 0 Å². The quantitative estimate of drug-likeness (QED) is 0.309. The Morgan fingerprint density at radius 2 is 1.89 bits per heavy atom. The van der Waals surface area contributed by atoms with Gasteiger partial charge in [0.2, 0.25) is 0 Å². The van der Waals surface area contributed by atoms with E-state index >= 15 is 0 Å². The van der Waals surface area contributed by atoms with Crippen molar-refractivity contribution in [1.82, 2.24) is 5.32 Å². The molecule has 0 amide bonds. The van der Waals surface area contributed by atoms with Crippen LogP contribution in [0.3, 0.4) is 0 Å². The predicted molar refractivity (Wildman–Crippen MR) is 150 cm³/mol. The molecule has 1 N–H and O–H groups in total. The number of allylic oxidation sites excluding steroid dienone is 2. The average Bonchev–Trinajstić information content (AvgIpc) is 2.86. The lowest BCUT2D eigenvalue weighted by atomic mass is 9.64. The highest BCUT2D eigenvalue weighted by Crippen LogP contribution is 2.52. The molecule has 2 aliphatic carbocycles. The second kappa shape index (κ2) is 10.3. The normalized spacial score (nSPS) is 23.9. The standard InChI is InChI=1S/C33H41NO2/c1-6-7-8-9-18-36-25-14-10-12-23(19-25)27-20-24-13-11-15-29(35-5)31(24)26-16-17-28-30(32(26)27)22(2)21-33(3,4)34-28/h10-17,19,21,27-28,30,34H,6-9,18,20H2,1-5H3. The third-order valence-corrected chi connectivity index (χ3v) is 8.02. The molecule has 3 heteroatoms. The fourth-order valence-electron chi connectivity index (χ4n) is 6.58. The highest BCUT2D eigenvalue weighted by Gasteiger charge is 2.42. The molecule has 36 heavy (non-hydrogen) atoms. The Bertz CT molecular complexity index is 1200. The van der Waals surface area contributed by atoms with E-state index < -0.39 is 0 Å². The Labute approximate surface area is 217 Å². The van der Waals surface area contributed by atoms with Gasteiger partial charge in [0.15, 0.2) is 0 Å². The summed E-state index contributed by atoms with van der Waals surface area (Å²) in [6, 6.07) is 15.6. The van der Waals surface area contributed by atoms with E-state index in [4.69, 9.17) is 9.47 Å². The molecule has 3 atom stereocenters. The van der Waals surface area contributed by atoms with Gasteiger partial charge in [-0.05, 0) is 74.1 Å². The van der Waals surface area contributed by atoms with E-state index in [0.29, 0.717) is 17.9 Å². The first-order valence-corrected chi connectivity index (χ1v) is 13.7. The summed E-state index contributed by atoms with van der Waals surface area (Å²) < 4.78 is 12.1. The molecule has 0 bridgehead atoms. The topological polar surface area (TPSA) is 30.5 Å². The van der Waals surface area contributed by atoms with Gasteiger partial charge in [0.25, 0.3) is 0 Å². The maximum absolute atomic E-state index is 6.21. The first kappa shape index (κ1) is 24.9. The number of rotatable bonds is 8. The lowest BCUT2D eigenvalue weighted by Gasteiger charge is -2.46. The minimum atomic E-state index is -0.0149. The van der Waals surface area contributed by atoms with Crippen molar-refractivity contribution in [2.75, 3.05) is 13.7 Å². The van der Waals surface area contributed by atoms with E-state index in [-0.39, 0.29) is 5.54 Å². The van der Waals surface area contributed by atoms with Crippen molar-refractivity contribution in [3.8, 4) is 11.5 Å². The summed E-state index contributed by atoms with van der Waals surface area (Å²) in [5.41, 5.74) is 8.25. The minimum absolute atomic E-state index is 0.0149. The summed E-state index contributed by atoms with van der Waals surface area (Å²) in [5, 5.41) is 3.89. The van der Waals surface area contributed by atoms with Crippen molar-refractivity contribution in [2.24, 2.45) is 5.92 Å². The Morgan fingerprint density at radius 1 is 1.06 bits per heavy atom. The van der Waals surface area contributed by atoms with E-state index in [1.165, 1.54) is 52.7 Å². The molecule has 2 aromatic rings. The number of ether oxygens (including phenoxy) is 2. The molecule has 0 saturated carbocycles. The predicted octanol–water partition coefficient (Wildman–Crippen LogP) is 7.63. The van der Waals surface area contributed by atoms with Gasteiger partial charge in [0.05, 0.1) is 13.7 Å². The molecule has 1 aliphatic heterocycles. The maximum Gasteiger partial charge on any atom is 0.126 e. The summed E-state index contributed by atoms with van der Waals surface area (Å²) in [6.45, 7) is 9.88. The third kappa shape index (κ3) is 4.78.